The number of nitrogens with one attached hydrogen (secondary N) is 1. The Morgan fingerprint density at radius 3 is 2.62 bits per heavy atom. The molecule has 0 saturated heterocycles. The molecule has 2 N–H and O–H groups in total. The Morgan fingerprint density at radius 2 is 1.92 bits per heavy atom. The Hall–Kier alpha value is -3.02. The predicted molar refractivity (Wildman–Crippen MR) is 101 cm³/mol. The van der Waals surface area contributed by atoms with Crippen LogP contribution in [0.4, 0.5) is 0 Å². The summed E-state index contributed by atoms with van der Waals surface area (Å²) < 4.78 is 10.5. The summed E-state index contributed by atoms with van der Waals surface area (Å²) in [7, 11) is 1.53. The average molecular weight is 356 g/mol. The quantitative estimate of drug-likeness (QED) is 0.534. The van der Waals surface area contributed by atoms with E-state index in [9.17, 15) is 9.90 Å². The third-order valence-corrected chi connectivity index (χ3v) is 3.74. The summed E-state index contributed by atoms with van der Waals surface area (Å²) in [6.45, 7) is 2.02. The van der Waals surface area contributed by atoms with Gasteiger partial charge in [0.1, 0.15) is 17.2 Å². The van der Waals surface area contributed by atoms with Crippen LogP contribution in [0.15, 0.2) is 47.6 Å². The van der Waals surface area contributed by atoms with Gasteiger partial charge in [-0.25, -0.2) is 5.43 Å². The van der Waals surface area contributed by atoms with E-state index in [1.165, 1.54) is 25.0 Å². The third-order valence-electron chi connectivity index (χ3n) is 3.74. The van der Waals surface area contributed by atoms with Gasteiger partial charge in [-0.15, -0.1) is 0 Å². The van der Waals surface area contributed by atoms with Crippen LogP contribution < -0.4 is 14.9 Å². The Bertz CT molecular complexity index is 742. The van der Waals surface area contributed by atoms with Crippen LogP contribution in [0.25, 0.3) is 0 Å². The summed E-state index contributed by atoms with van der Waals surface area (Å²) in [4.78, 5) is 11.8. The molecule has 0 spiro atoms. The number of aromatic hydroxyl groups is 1. The van der Waals surface area contributed by atoms with Gasteiger partial charge >= 0.3 is 0 Å². The maximum Gasteiger partial charge on any atom is 0.277 e. The number of benzene rings is 2. The summed E-state index contributed by atoms with van der Waals surface area (Å²) in [6.07, 6.45) is 4.71. The molecule has 0 saturated carbocycles. The first-order valence-corrected chi connectivity index (χ1v) is 8.53. The van der Waals surface area contributed by atoms with Crippen molar-refractivity contribution in [3.63, 3.8) is 0 Å². The molecule has 0 atom stereocenters. The van der Waals surface area contributed by atoms with Gasteiger partial charge in [0, 0.05) is 5.56 Å². The number of phenolic OH excluding ortho intramolecular Hbond substituents is 1. The van der Waals surface area contributed by atoms with Crippen LogP contribution in [0.1, 0.15) is 30.9 Å². The minimum Gasteiger partial charge on any atom is -0.507 e. The minimum absolute atomic E-state index is 0.0446. The van der Waals surface area contributed by atoms with Crippen molar-refractivity contribution in [3.05, 3.63) is 53.6 Å². The fourth-order valence-corrected chi connectivity index (χ4v) is 2.25. The zero-order valence-electron chi connectivity index (χ0n) is 15.1. The lowest BCUT2D eigenvalue weighted by Crippen LogP contribution is -2.24. The van der Waals surface area contributed by atoms with Gasteiger partial charge in [0.05, 0.1) is 13.3 Å². The Morgan fingerprint density at radius 1 is 1.19 bits per heavy atom. The maximum absolute atomic E-state index is 11.8. The van der Waals surface area contributed by atoms with Crippen LogP contribution in [-0.2, 0) is 11.2 Å². The molecule has 138 valence electrons. The highest BCUT2D eigenvalue weighted by Gasteiger charge is 2.03. The lowest BCUT2D eigenvalue weighted by molar-refractivity contribution is -0.123. The number of phenols is 1. The van der Waals surface area contributed by atoms with Gasteiger partial charge in [-0.1, -0.05) is 25.5 Å². The summed E-state index contributed by atoms with van der Waals surface area (Å²) >= 11 is 0. The Kier molecular flexibility index (Phi) is 7.49. The van der Waals surface area contributed by atoms with Gasteiger partial charge in [-0.3, -0.25) is 4.79 Å². The first-order valence-electron chi connectivity index (χ1n) is 8.53. The van der Waals surface area contributed by atoms with E-state index in [-0.39, 0.29) is 12.4 Å². The number of rotatable bonds is 9. The smallest absolute Gasteiger partial charge is 0.277 e. The van der Waals surface area contributed by atoms with Crippen LogP contribution >= 0.6 is 0 Å². The summed E-state index contributed by atoms with van der Waals surface area (Å²) in [5, 5.41) is 13.6. The van der Waals surface area contributed by atoms with Crippen molar-refractivity contribution in [2.24, 2.45) is 5.10 Å². The molecule has 0 heterocycles. The number of carbonyl (C=O) groups excluding carboxylic acids is 1. The van der Waals surface area contributed by atoms with Crippen molar-refractivity contribution in [1.82, 2.24) is 5.43 Å². The summed E-state index contributed by atoms with van der Waals surface area (Å²) in [6, 6.07) is 12.5. The standard InChI is InChI=1S/C20H24N2O4/c1-3-4-5-15-6-8-17(9-7-15)26-14-20(24)22-21-13-16-12-18(25-2)10-11-19(16)23/h6-13,23H,3-5,14H2,1-2H3,(H,22,24)/b21-13+. The number of hydrazone groups is 1. The molecule has 2 aromatic rings. The monoisotopic (exact) mass is 356 g/mol. The topological polar surface area (TPSA) is 80.2 Å². The van der Waals surface area contributed by atoms with Crippen LogP contribution in [0.5, 0.6) is 17.2 Å². The highest BCUT2D eigenvalue weighted by atomic mass is 16.5. The number of hydrogen-bond acceptors (Lipinski definition) is 5. The fourth-order valence-electron chi connectivity index (χ4n) is 2.25. The molecule has 0 aliphatic heterocycles. The number of hydrogen-bond donors (Lipinski definition) is 2. The van der Waals surface area contributed by atoms with Crippen molar-refractivity contribution in [1.29, 1.82) is 0 Å². The van der Waals surface area contributed by atoms with Gasteiger partial charge in [-0.05, 0) is 48.7 Å². The second kappa shape index (κ2) is 10.1. The average Bonchev–Trinajstić information content (AvgIpc) is 2.67. The number of amides is 1. The second-order valence-electron chi connectivity index (χ2n) is 5.75. The zero-order valence-corrected chi connectivity index (χ0v) is 15.1. The number of unbranched alkanes of at least 4 members (excludes halogenated alkanes) is 1. The molecule has 0 bridgehead atoms. The lowest BCUT2D eigenvalue weighted by atomic mass is 10.1. The molecule has 0 aliphatic rings. The fraction of sp³-hybridized carbons (Fsp3) is 0.300. The lowest BCUT2D eigenvalue weighted by Gasteiger charge is -2.06. The first-order chi connectivity index (χ1) is 12.6. The molecule has 6 nitrogen and oxygen atoms in total. The number of carbonyl (C=O) groups is 1. The molecule has 0 unspecified atom stereocenters. The van der Waals surface area contributed by atoms with Crippen LogP contribution in [0.2, 0.25) is 0 Å². The van der Waals surface area contributed by atoms with E-state index < -0.39 is 5.91 Å². The highest BCUT2D eigenvalue weighted by Crippen LogP contribution is 2.21. The van der Waals surface area contributed by atoms with E-state index in [1.807, 2.05) is 24.3 Å². The van der Waals surface area contributed by atoms with Gasteiger partial charge in [0.15, 0.2) is 6.61 Å². The Labute approximate surface area is 153 Å². The van der Waals surface area contributed by atoms with E-state index in [4.69, 9.17) is 9.47 Å². The van der Waals surface area contributed by atoms with Crippen molar-refractivity contribution < 1.29 is 19.4 Å². The van der Waals surface area contributed by atoms with Crippen molar-refractivity contribution in [2.45, 2.75) is 26.2 Å². The number of ether oxygens (including phenoxy) is 2. The second-order valence-corrected chi connectivity index (χ2v) is 5.75. The molecule has 2 aromatic carbocycles. The minimum atomic E-state index is -0.390. The van der Waals surface area contributed by atoms with Gasteiger partial charge in [0.25, 0.3) is 5.91 Å². The predicted octanol–water partition coefficient (Wildman–Crippen LogP) is 3.27. The number of aryl methyl sites for hydroxylation is 1. The van der Waals surface area contributed by atoms with Gasteiger partial charge in [0.2, 0.25) is 0 Å². The van der Waals surface area contributed by atoms with Crippen LogP contribution in [0.3, 0.4) is 0 Å². The molecule has 2 rings (SSSR count). The molecule has 0 fully saturated rings. The van der Waals surface area contributed by atoms with E-state index in [0.717, 1.165) is 19.3 Å². The first kappa shape index (κ1) is 19.3. The van der Waals surface area contributed by atoms with E-state index in [0.29, 0.717) is 17.1 Å². The van der Waals surface area contributed by atoms with Gasteiger partial charge < -0.3 is 14.6 Å². The van der Waals surface area contributed by atoms with E-state index >= 15 is 0 Å². The van der Waals surface area contributed by atoms with E-state index in [2.05, 4.69) is 17.5 Å². The molecule has 0 aromatic heterocycles. The SMILES string of the molecule is CCCCc1ccc(OCC(=O)N/N=C/c2cc(OC)ccc2O)cc1. The summed E-state index contributed by atoms with van der Waals surface area (Å²) in [5.41, 5.74) is 4.05. The normalized spacial score (nSPS) is 10.7. The number of nitrogens with zero attached hydrogens (tertiary/aromatic N) is 1. The molecule has 0 aliphatic carbocycles. The molecule has 0 radical (unpaired) electrons. The largest absolute Gasteiger partial charge is 0.507 e. The molecule has 1 amide bonds. The molecule has 26 heavy (non-hydrogen) atoms. The molecular weight excluding hydrogens is 332 g/mol. The highest BCUT2D eigenvalue weighted by molar-refractivity contribution is 5.85. The van der Waals surface area contributed by atoms with Crippen molar-refractivity contribution in [3.8, 4) is 17.2 Å². The van der Waals surface area contributed by atoms with Crippen molar-refractivity contribution >= 4 is 12.1 Å². The zero-order chi connectivity index (χ0) is 18.8. The molecular formula is C20H24N2O4. The van der Waals surface area contributed by atoms with Gasteiger partial charge in [-0.2, -0.15) is 5.10 Å². The number of methoxy groups -OCH3 is 1. The van der Waals surface area contributed by atoms with Crippen LogP contribution in [0, 0.1) is 0 Å². The third kappa shape index (κ3) is 6.12. The maximum atomic E-state index is 11.8. The molecule has 6 heteroatoms. The van der Waals surface area contributed by atoms with E-state index in [1.54, 1.807) is 12.1 Å². The summed E-state index contributed by atoms with van der Waals surface area (Å²) in [5.74, 6) is 0.873. The Balaban J connectivity index is 1.80. The van der Waals surface area contributed by atoms with Crippen LogP contribution in [-0.4, -0.2) is 30.9 Å². The van der Waals surface area contributed by atoms with Crippen molar-refractivity contribution in [2.75, 3.05) is 13.7 Å².